The highest BCUT2D eigenvalue weighted by Crippen LogP contribution is 2.28. The Kier molecular flexibility index (Phi) is 5.58. The average Bonchev–Trinajstić information content (AvgIpc) is 2.66. The molecule has 0 heterocycles. The van der Waals surface area contributed by atoms with E-state index < -0.39 is 19.0 Å². The van der Waals surface area contributed by atoms with E-state index >= 15 is 0 Å². The van der Waals surface area contributed by atoms with Gasteiger partial charge in [0.15, 0.2) is 11.5 Å². The van der Waals surface area contributed by atoms with Crippen molar-refractivity contribution in [2.75, 3.05) is 20.8 Å². The lowest BCUT2D eigenvalue weighted by Gasteiger charge is -2.13. The minimum Gasteiger partial charge on any atom is -0.493 e. The fourth-order valence-corrected chi connectivity index (χ4v) is 2.41. The highest BCUT2D eigenvalue weighted by Gasteiger charge is 2.07. The molecule has 2 rings (SSSR count). The molecular formula is C21H28O4. The van der Waals surface area contributed by atoms with Crippen LogP contribution < -0.4 is 14.2 Å². The number of ether oxygens (including phenoxy) is 3. The molecule has 0 aliphatic heterocycles. The van der Waals surface area contributed by atoms with E-state index in [1.807, 2.05) is 25.1 Å². The van der Waals surface area contributed by atoms with Crippen molar-refractivity contribution in [3.05, 3.63) is 53.6 Å². The van der Waals surface area contributed by atoms with Crippen molar-refractivity contribution in [2.24, 2.45) is 0 Å². The first kappa shape index (κ1) is 14.0. The molecule has 1 atom stereocenters. The molecule has 136 valence electrons. The Hall–Kier alpha value is -2.20. The number of hydrogen-bond acceptors (Lipinski definition) is 4. The van der Waals surface area contributed by atoms with Gasteiger partial charge in [0.1, 0.15) is 12.3 Å². The summed E-state index contributed by atoms with van der Waals surface area (Å²) in [6, 6.07) is 12.2. The minimum atomic E-state index is -2.57. The molecule has 2 aromatic carbocycles. The van der Waals surface area contributed by atoms with Crippen LogP contribution in [-0.4, -0.2) is 32.0 Å². The predicted octanol–water partition coefficient (Wildman–Crippen LogP) is 4.16. The zero-order valence-electron chi connectivity index (χ0n) is 18.9. The van der Waals surface area contributed by atoms with Crippen LogP contribution in [0.1, 0.15) is 35.8 Å². The molecule has 2 aromatic rings. The third-order valence-electron chi connectivity index (χ3n) is 3.71. The van der Waals surface area contributed by atoms with Gasteiger partial charge in [0.25, 0.3) is 0 Å². The van der Waals surface area contributed by atoms with Gasteiger partial charge in [0, 0.05) is 2.74 Å². The van der Waals surface area contributed by atoms with Gasteiger partial charge in [-0.1, -0.05) is 24.6 Å². The van der Waals surface area contributed by atoms with Crippen molar-refractivity contribution in [2.45, 2.75) is 38.7 Å². The first-order chi connectivity index (χ1) is 13.6. The Morgan fingerprint density at radius 1 is 1.04 bits per heavy atom. The Labute approximate surface area is 156 Å². The Bertz CT molecular complexity index is 811. The second kappa shape index (κ2) is 9.94. The van der Waals surface area contributed by atoms with Gasteiger partial charge in [-0.3, -0.25) is 0 Å². The summed E-state index contributed by atoms with van der Waals surface area (Å²) in [5, 5.41) is 10.4. The number of aryl methyl sites for hydroxylation is 2. The van der Waals surface area contributed by atoms with E-state index in [9.17, 15) is 5.11 Å². The molecule has 4 heteroatoms. The normalized spacial score (nSPS) is 15.4. The third-order valence-corrected chi connectivity index (χ3v) is 3.71. The summed E-state index contributed by atoms with van der Waals surface area (Å²) in [6.07, 6.45) is -3.17. The molecular weight excluding hydrogens is 316 g/mol. The first-order valence-corrected chi connectivity index (χ1v) is 8.24. The summed E-state index contributed by atoms with van der Waals surface area (Å²) >= 11 is 0. The molecule has 1 N–H and O–H groups in total. The van der Waals surface area contributed by atoms with Crippen LogP contribution in [0.25, 0.3) is 0 Å². The molecule has 0 radical (unpaired) electrons. The van der Waals surface area contributed by atoms with Crippen molar-refractivity contribution in [3.63, 3.8) is 0 Å². The molecule has 0 aliphatic rings. The standard InChI is InChI=1S/C21H28O4/c1-16-7-6-10-19(13-16)25-15-18(22)9-5-4-8-17-11-12-20(23-2)21(14-17)24-3/h6-7,10-14,18,22H,4-5,8-9,15H2,1-3H3/i9D2,15D2. The van der Waals surface area contributed by atoms with Crippen molar-refractivity contribution in [1.29, 1.82) is 0 Å². The molecule has 1 unspecified atom stereocenters. The number of methoxy groups -OCH3 is 2. The Morgan fingerprint density at radius 3 is 2.56 bits per heavy atom. The number of rotatable bonds is 10. The lowest BCUT2D eigenvalue weighted by atomic mass is 10.0. The third kappa shape index (κ3) is 6.31. The SMILES string of the molecule is [2H]C([2H])(CCCc1ccc(OC)c(OC)c1)C(O)C([2H])([2H])Oc1cccc(C)c1. The summed E-state index contributed by atoms with van der Waals surface area (Å²) in [6.45, 7) is -0.729. The number of hydrogen-bond donors (Lipinski definition) is 1. The number of aliphatic hydroxyl groups is 1. The molecule has 0 amide bonds. The minimum absolute atomic E-state index is 0.0286. The Morgan fingerprint density at radius 2 is 1.84 bits per heavy atom. The lowest BCUT2D eigenvalue weighted by molar-refractivity contribution is 0.0976. The van der Waals surface area contributed by atoms with Crippen LogP contribution in [0.2, 0.25) is 0 Å². The van der Waals surface area contributed by atoms with Crippen LogP contribution in [-0.2, 0) is 6.42 Å². The monoisotopic (exact) mass is 348 g/mol. The van der Waals surface area contributed by atoms with Crippen molar-refractivity contribution in [1.82, 2.24) is 0 Å². The van der Waals surface area contributed by atoms with Crippen LogP contribution in [0.4, 0.5) is 0 Å². The van der Waals surface area contributed by atoms with Gasteiger partial charge < -0.3 is 19.3 Å². The fourth-order valence-electron chi connectivity index (χ4n) is 2.41. The quantitative estimate of drug-likeness (QED) is 0.700. The maximum absolute atomic E-state index is 10.4. The number of benzene rings is 2. The van der Waals surface area contributed by atoms with Gasteiger partial charge in [0.2, 0.25) is 0 Å². The molecule has 0 saturated heterocycles. The largest absolute Gasteiger partial charge is 0.493 e. The van der Waals surface area contributed by atoms with Crippen LogP contribution in [0.5, 0.6) is 17.2 Å². The molecule has 0 saturated carbocycles. The van der Waals surface area contributed by atoms with Gasteiger partial charge in [0.05, 0.1) is 23.1 Å². The lowest BCUT2D eigenvalue weighted by Crippen LogP contribution is -2.17. The molecule has 4 nitrogen and oxygen atoms in total. The van der Waals surface area contributed by atoms with Gasteiger partial charge in [-0.05, 0) is 61.5 Å². The van der Waals surface area contributed by atoms with Crippen LogP contribution in [0, 0.1) is 6.92 Å². The van der Waals surface area contributed by atoms with Crippen LogP contribution in [0.15, 0.2) is 42.5 Å². The summed E-state index contributed by atoms with van der Waals surface area (Å²) in [5.74, 6) is 1.45. The average molecular weight is 348 g/mol. The maximum atomic E-state index is 10.4. The van der Waals surface area contributed by atoms with Crippen molar-refractivity contribution in [3.8, 4) is 17.2 Å². The second-order valence-electron chi connectivity index (χ2n) is 5.69. The summed E-state index contributed by atoms with van der Waals surface area (Å²) in [5.41, 5.74) is 1.82. The molecule has 0 spiro atoms. The van der Waals surface area contributed by atoms with E-state index in [-0.39, 0.29) is 12.2 Å². The highest BCUT2D eigenvalue weighted by molar-refractivity contribution is 5.42. The van der Waals surface area contributed by atoms with E-state index in [1.165, 1.54) is 0 Å². The van der Waals surface area contributed by atoms with E-state index in [0.29, 0.717) is 24.3 Å². The Balaban J connectivity index is 1.98. The maximum Gasteiger partial charge on any atom is 0.160 e. The second-order valence-corrected chi connectivity index (χ2v) is 5.69. The molecule has 0 bridgehead atoms. The van der Waals surface area contributed by atoms with Gasteiger partial charge >= 0.3 is 0 Å². The van der Waals surface area contributed by atoms with E-state index in [0.717, 1.165) is 11.1 Å². The molecule has 0 fully saturated rings. The molecule has 25 heavy (non-hydrogen) atoms. The summed E-state index contributed by atoms with van der Waals surface area (Å²) in [4.78, 5) is 0. The highest BCUT2D eigenvalue weighted by atomic mass is 16.5. The van der Waals surface area contributed by atoms with Gasteiger partial charge in [-0.15, -0.1) is 0 Å². The fraction of sp³-hybridized carbons (Fsp3) is 0.429. The number of aliphatic hydroxyl groups excluding tert-OH is 1. The van der Waals surface area contributed by atoms with E-state index in [1.54, 1.807) is 38.5 Å². The van der Waals surface area contributed by atoms with Crippen molar-refractivity contribution < 1.29 is 24.8 Å². The van der Waals surface area contributed by atoms with Crippen molar-refractivity contribution >= 4 is 0 Å². The molecule has 0 aliphatic carbocycles. The van der Waals surface area contributed by atoms with Gasteiger partial charge in [-0.25, -0.2) is 0 Å². The smallest absolute Gasteiger partial charge is 0.160 e. The van der Waals surface area contributed by atoms with E-state index in [4.69, 9.17) is 19.7 Å². The molecule has 0 aromatic heterocycles. The van der Waals surface area contributed by atoms with Gasteiger partial charge in [-0.2, -0.15) is 0 Å². The van der Waals surface area contributed by atoms with Crippen LogP contribution in [0.3, 0.4) is 0 Å². The van der Waals surface area contributed by atoms with Crippen LogP contribution >= 0.6 is 0 Å². The zero-order chi connectivity index (χ0) is 21.7. The summed E-state index contributed by atoms with van der Waals surface area (Å²) in [7, 11) is 3.10. The first-order valence-electron chi connectivity index (χ1n) is 10.2. The summed E-state index contributed by atoms with van der Waals surface area (Å²) < 4.78 is 48.1. The van der Waals surface area contributed by atoms with E-state index in [2.05, 4.69) is 0 Å². The predicted molar refractivity (Wildman–Crippen MR) is 99.8 cm³/mol. The topological polar surface area (TPSA) is 47.9 Å². The zero-order valence-corrected chi connectivity index (χ0v) is 14.9.